The van der Waals surface area contributed by atoms with Gasteiger partial charge in [0.05, 0.1) is 18.1 Å². The van der Waals surface area contributed by atoms with Crippen LogP contribution in [0.3, 0.4) is 0 Å². The second kappa shape index (κ2) is 4.94. The Balaban J connectivity index is 3.69. The Morgan fingerprint density at radius 3 is 2.33 bits per heavy atom. The fourth-order valence-electron chi connectivity index (χ4n) is 0.497. The molecule has 0 bridgehead atoms. The second-order valence-corrected chi connectivity index (χ2v) is 4.29. The summed E-state index contributed by atoms with van der Waals surface area (Å²) in [4.78, 5) is 9.78. The van der Waals surface area contributed by atoms with Crippen LogP contribution in [0.2, 0.25) is 0 Å². The third-order valence-corrected chi connectivity index (χ3v) is 2.62. The molecule has 0 radical (unpaired) electrons. The molecule has 0 atom stereocenters. The lowest BCUT2D eigenvalue weighted by atomic mass is 10.8. The summed E-state index contributed by atoms with van der Waals surface area (Å²) in [5.74, 6) is -0.754. The minimum Gasteiger partial charge on any atom is -0.450 e. The van der Waals surface area contributed by atoms with Crippen molar-refractivity contribution in [2.24, 2.45) is 0 Å². The molecule has 0 aromatic heterocycles. The van der Waals surface area contributed by atoms with Crippen LogP contribution in [0.15, 0.2) is 0 Å². The zero-order chi connectivity index (χ0) is 9.61. The number of hydrogen-bond acceptors (Lipinski definition) is 5. The monoisotopic (exact) mass is 198 g/mol. The molecule has 0 rings (SSSR count). The fourth-order valence-corrected chi connectivity index (χ4v) is 1.32. The van der Waals surface area contributed by atoms with Crippen LogP contribution in [-0.4, -0.2) is 49.5 Å². The summed E-state index contributed by atoms with van der Waals surface area (Å²) >= 11 is 0. The molecule has 0 aliphatic carbocycles. The first kappa shape index (κ1) is 11.2. The first-order valence-electron chi connectivity index (χ1n) is 3.15. The molecule has 0 aromatic rings. The number of aliphatic hydroxyl groups excluding tert-OH is 1. The number of aliphatic hydroxyl groups is 1. The van der Waals surface area contributed by atoms with Crippen molar-refractivity contribution in [2.75, 3.05) is 24.7 Å². The Morgan fingerprint density at radius 2 is 1.92 bits per heavy atom. The number of carbonyl (C=O) groups is 1. The Morgan fingerprint density at radius 1 is 1.33 bits per heavy atom. The van der Waals surface area contributed by atoms with Crippen molar-refractivity contribution < 1.29 is 28.2 Å². The van der Waals surface area contributed by atoms with Gasteiger partial charge in [0.2, 0.25) is 0 Å². The molecule has 7 heteroatoms. The summed E-state index contributed by atoms with van der Waals surface area (Å²) in [6.45, 7) is -0.854. The Hall–Kier alpha value is -0.820. The second-order valence-electron chi connectivity index (χ2n) is 1.99. The Kier molecular flexibility index (Phi) is 4.60. The molecular formula is C5H10O6S. The summed E-state index contributed by atoms with van der Waals surface area (Å²) in [6, 6.07) is 0. The quantitative estimate of drug-likeness (QED) is 0.554. The molecule has 2 N–H and O–H groups in total. The number of sulfone groups is 1. The van der Waals surface area contributed by atoms with Crippen molar-refractivity contribution in [3.05, 3.63) is 0 Å². The predicted molar refractivity (Wildman–Crippen MR) is 39.7 cm³/mol. The first-order chi connectivity index (χ1) is 5.48. The molecule has 0 unspecified atom stereocenters. The average Bonchev–Trinajstić information content (AvgIpc) is 1.85. The summed E-state index contributed by atoms with van der Waals surface area (Å²) in [6.07, 6.45) is -1.51. The lowest BCUT2D eigenvalue weighted by Crippen LogP contribution is -2.18. The molecule has 12 heavy (non-hydrogen) atoms. The predicted octanol–water partition coefficient (Wildman–Crippen LogP) is -0.912. The zero-order valence-electron chi connectivity index (χ0n) is 6.26. The van der Waals surface area contributed by atoms with Crippen LogP contribution in [0.1, 0.15) is 0 Å². The normalized spacial score (nSPS) is 11.1. The van der Waals surface area contributed by atoms with E-state index in [2.05, 4.69) is 4.74 Å². The molecule has 0 saturated heterocycles. The van der Waals surface area contributed by atoms with Gasteiger partial charge in [0.1, 0.15) is 6.61 Å². The highest BCUT2D eigenvalue weighted by molar-refractivity contribution is 7.91. The molecule has 0 saturated carbocycles. The number of rotatable bonds is 5. The third kappa shape index (κ3) is 5.93. The molecule has 0 aromatic carbocycles. The van der Waals surface area contributed by atoms with Gasteiger partial charge in [-0.3, -0.25) is 0 Å². The molecule has 0 heterocycles. The van der Waals surface area contributed by atoms with Crippen molar-refractivity contribution in [3.8, 4) is 0 Å². The highest BCUT2D eigenvalue weighted by Crippen LogP contribution is 1.90. The lowest BCUT2D eigenvalue weighted by molar-refractivity contribution is 0.0972. The zero-order valence-corrected chi connectivity index (χ0v) is 7.08. The van der Waals surface area contributed by atoms with E-state index in [1.807, 2.05) is 0 Å². The lowest BCUT2D eigenvalue weighted by Gasteiger charge is -2.00. The Labute approximate surface area is 69.7 Å². The fraction of sp³-hybridized carbons (Fsp3) is 0.800. The van der Waals surface area contributed by atoms with Crippen LogP contribution in [0.4, 0.5) is 4.79 Å². The maximum absolute atomic E-state index is 10.8. The molecule has 6 nitrogen and oxygen atoms in total. The topological polar surface area (TPSA) is 101 Å². The summed E-state index contributed by atoms with van der Waals surface area (Å²) in [5.41, 5.74) is 0. The molecular weight excluding hydrogens is 188 g/mol. The van der Waals surface area contributed by atoms with E-state index in [1.54, 1.807) is 0 Å². The molecule has 0 spiro atoms. The van der Waals surface area contributed by atoms with Gasteiger partial charge in [-0.2, -0.15) is 0 Å². The van der Waals surface area contributed by atoms with Crippen LogP contribution in [0.25, 0.3) is 0 Å². The van der Waals surface area contributed by atoms with Gasteiger partial charge in [0.25, 0.3) is 0 Å². The van der Waals surface area contributed by atoms with Gasteiger partial charge >= 0.3 is 6.16 Å². The average molecular weight is 198 g/mol. The van der Waals surface area contributed by atoms with Crippen molar-refractivity contribution >= 4 is 16.0 Å². The number of hydrogen-bond donors (Lipinski definition) is 2. The summed E-state index contributed by atoms with van der Waals surface area (Å²) < 4.78 is 25.5. The molecule has 0 aliphatic heterocycles. The minimum absolute atomic E-state index is 0.365. The molecule has 0 aliphatic rings. The van der Waals surface area contributed by atoms with E-state index in [1.165, 1.54) is 0 Å². The molecule has 0 amide bonds. The van der Waals surface area contributed by atoms with Crippen LogP contribution in [-0.2, 0) is 14.6 Å². The highest BCUT2D eigenvalue weighted by atomic mass is 32.2. The van der Waals surface area contributed by atoms with E-state index in [4.69, 9.17) is 10.2 Å². The van der Waals surface area contributed by atoms with E-state index in [0.29, 0.717) is 0 Å². The third-order valence-electron chi connectivity index (χ3n) is 1.02. The van der Waals surface area contributed by atoms with Crippen molar-refractivity contribution in [1.29, 1.82) is 0 Å². The van der Waals surface area contributed by atoms with Crippen LogP contribution in [0.5, 0.6) is 0 Å². The van der Waals surface area contributed by atoms with Gasteiger partial charge in [0, 0.05) is 0 Å². The van der Waals surface area contributed by atoms with E-state index < -0.39 is 29.2 Å². The van der Waals surface area contributed by atoms with Crippen LogP contribution < -0.4 is 0 Å². The summed E-state index contributed by atoms with van der Waals surface area (Å²) in [5, 5.41) is 16.2. The van der Waals surface area contributed by atoms with E-state index in [0.717, 1.165) is 0 Å². The van der Waals surface area contributed by atoms with Crippen LogP contribution in [0, 0.1) is 0 Å². The van der Waals surface area contributed by atoms with Gasteiger partial charge in [-0.05, 0) is 0 Å². The molecule has 72 valence electrons. The van der Waals surface area contributed by atoms with Crippen molar-refractivity contribution in [1.82, 2.24) is 0 Å². The van der Waals surface area contributed by atoms with Crippen molar-refractivity contribution in [3.63, 3.8) is 0 Å². The maximum Gasteiger partial charge on any atom is 0.505 e. The number of ether oxygens (including phenoxy) is 1. The van der Waals surface area contributed by atoms with Gasteiger partial charge in [-0.15, -0.1) is 0 Å². The molecule has 0 fully saturated rings. The van der Waals surface area contributed by atoms with E-state index in [9.17, 15) is 13.2 Å². The smallest absolute Gasteiger partial charge is 0.450 e. The highest BCUT2D eigenvalue weighted by Gasteiger charge is 2.10. The summed E-state index contributed by atoms with van der Waals surface area (Å²) in [7, 11) is -3.37. The first-order valence-corrected chi connectivity index (χ1v) is 4.97. The van der Waals surface area contributed by atoms with Crippen molar-refractivity contribution in [2.45, 2.75) is 0 Å². The van der Waals surface area contributed by atoms with Gasteiger partial charge in [0.15, 0.2) is 9.84 Å². The van der Waals surface area contributed by atoms with Gasteiger partial charge in [-0.1, -0.05) is 0 Å². The van der Waals surface area contributed by atoms with E-state index in [-0.39, 0.29) is 11.5 Å². The maximum atomic E-state index is 10.8. The van der Waals surface area contributed by atoms with Gasteiger partial charge < -0.3 is 14.9 Å². The minimum atomic E-state index is -3.37. The SMILES string of the molecule is O=C(O)OCCS(=O)(=O)CCO. The Bertz CT molecular complexity index is 230. The van der Waals surface area contributed by atoms with Gasteiger partial charge in [-0.25, -0.2) is 13.2 Å². The van der Waals surface area contributed by atoms with Crippen LogP contribution >= 0.6 is 0 Å². The van der Waals surface area contributed by atoms with E-state index >= 15 is 0 Å². The largest absolute Gasteiger partial charge is 0.505 e. The standard InChI is InChI=1S/C5H10O6S/c6-1-3-12(9,10)4-2-11-5(7)8/h6H,1-4H2,(H,7,8). The number of carboxylic acid groups (broad SMARTS) is 1.